The third-order valence-electron chi connectivity index (χ3n) is 4.05. The van der Waals surface area contributed by atoms with E-state index in [1.54, 1.807) is 0 Å². The lowest BCUT2D eigenvalue weighted by molar-refractivity contribution is 0.337. The summed E-state index contributed by atoms with van der Waals surface area (Å²) in [5.41, 5.74) is 0. The molecule has 21 heavy (non-hydrogen) atoms. The topological polar surface area (TPSA) is 39.7 Å². The molecule has 1 aliphatic rings. The zero-order valence-electron chi connectivity index (χ0n) is 14.3. The van der Waals surface area contributed by atoms with Crippen molar-refractivity contribution in [2.75, 3.05) is 39.5 Å². The smallest absolute Gasteiger partial charge is 0.191 e. The maximum atomic E-state index is 4.72. The van der Waals surface area contributed by atoms with E-state index in [1.807, 2.05) is 11.8 Å². The SMILES string of the molecule is CCCCN(C)CCN=C(NCC)NC1CCC(SC)C1. The molecule has 0 saturated heterocycles. The molecule has 0 bridgehead atoms. The first-order chi connectivity index (χ1) is 10.2. The number of aliphatic imine (C=N–C) groups is 1. The molecular weight excluding hydrogens is 280 g/mol. The third kappa shape index (κ3) is 7.96. The Balaban J connectivity index is 2.32. The molecule has 0 radical (unpaired) electrons. The number of thioether (sulfide) groups is 1. The van der Waals surface area contributed by atoms with Crippen LogP contribution >= 0.6 is 11.8 Å². The molecule has 0 amide bonds. The largest absolute Gasteiger partial charge is 0.357 e. The second-order valence-electron chi connectivity index (χ2n) is 5.93. The summed E-state index contributed by atoms with van der Waals surface area (Å²) in [7, 11) is 2.19. The van der Waals surface area contributed by atoms with Gasteiger partial charge < -0.3 is 15.5 Å². The highest BCUT2D eigenvalue weighted by atomic mass is 32.2. The maximum absolute atomic E-state index is 4.72. The number of unbranched alkanes of at least 4 members (excludes halogenated alkanes) is 1. The molecule has 0 aromatic heterocycles. The number of guanidine groups is 1. The average Bonchev–Trinajstić information content (AvgIpc) is 2.93. The number of hydrogen-bond acceptors (Lipinski definition) is 3. The van der Waals surface area contributed by atoms with Gasteiger partial charge >= 0.3 is 0 Å². The Bertz CT molecular complexity index is 296. The van der Waals surface area contributed by atoms with Gasteiger partial charge in [0.1, 0.15) is 0 Å². The molecular formula is C16H34N4S. The van der Waals surface area contributed by atoms with E-state index in [-0.39, 0.29) is 0 Å². The van der Waals surface area contributed by atoms with E-state index < -0.39 is 0 Å². The fourth-order valence-electron chi connectivity index (χ4n) is 2.67. The van der Waals surface area contributed by atoms with E-state index in [1.165, 1.54) is 38.6 Å². The van der Waals surface area contributed by atoms with Crippen molar-refractivity contribution in [3.63, 3.8) is 0 Å². The average molecular weight is 315 g/mol. The van der Waals surface area contributed by atoms with E-state index in [2.05, 4.69) is 42.7 Å². The highest BCUT2D eigenvalue weighted by molar-refractivity contribution is 7.99. The number of likely N-dealkylation sites (N-methyl/N-ethyl adjacent to an activating group) is 1. The van der Waals surface area contributed by atoms with Crippen LogP contribution in [0.3, 0.4) is 0 Å². The van der Waals surface area contributed by atoms with Crippen LogP contribution in [-0.2, 0) is 0 Å². The molecule has 1 saturated carbocycles. The van der Waals surface area contributed by atoms with Crippen LogP contribution in [0.5, 0.6) is 0 Å². The molecule has 4 nitrogen and oxygen atoms in total. The molecule has 0 heterocycles. The van der Waals surface area contributed by atoms with E-state index in [0.717, 1.165) is 30.8 Å². The first kappa shape index (κ1) is 18.6. The summed E-state index contributed by atoms with van der Waals surface area (Å²) in [5.74, 6) is 0.994. The molecule has 124 valence electrons. The molecule has 2 unspecified atom stereocenters. The summed E-state index contributed by atoms with van der Waals surface area (Å²) >= 11 is 2.00. The summed E-state index contributed by atoms with van der Waals surface area (Å²) in [6.45, 7) is 8.37. The lowest BCUT2D eigenvalue weighted by atomic mass is 10.2. The predicted molar refractivity (Wildman–Crippen MR) is 96.5 cm³/mol. The first-order valence-electron chi connectivity index (χ1n) is 8.45. The molecule has 1 fully saturated rings. The number of nitrogens with zero attached hydrogens (tertiary/aromatic N) is 2. The molecule has 1 aliphatic carbocycles. The van der Waals surface area contributed by atoms with Gasteiger partial charge in [0, 0.05) is 24.4 Å². The van der Waals surface area contributed by atoms with Gasteiger partial charge in [-0.3, -0.25) is 4.99 Å². The van der Waals surface area contributed by atoms with Crippen LogP contribution in [0, 0.1) is 0 Å². The van der Waals surface area contributed by atoms with Gasteiger partial charge in [-0.1, -0.05) is 13.3 Å². The molecule has 0 aromatic rings. The Kier molecular flexibility index (Phi) is 9.92. The normalized spacial score (nSPS) is 22.8. The van der Waals surface area contributed by atoms with Gasteiger partial charge in [0.2, 0.25) is 0 Å². The summed E-state index contributed by atoms with van der Waals surface area (Å²) < 4.78 is 0. The standard InChI is InChI=1S/C16H34N4S/c1-5-7-11-20(3)12-10-18-16(17-6-2)19-14-8-9-15(13-14)21-4/h14-15H,5-13H2,1-4H3,(H2,17,18,19). The van der Waals surface area contributed by atoms with Crippen molar-refractivity contribution in [2.45, 2.75) is 57.2 Å². The molecule has 0 spiro atoms. The fraction of sp³-hybridized carbons (Fsp3) is 0.938. The quantitative estimate of drug-likeness (QED) is 0.507. The first-order valence-corrected chi connectivity index (χ1v) is 9.74. The number of rotatable bonds is 9. The van der Waals surface area contributed by atoms with E-state index >= 15 is 0 Å². The summed E-state index contributed by atoms with van der Waals surface area (Å²) in [6, 6.07) is 0.595. The fourth-order valence-corrected chi connectivity index (χ4v) is 3.47. The van der Waals surface area contributed by atoms with E-state index in [0.29, 0.717) is 6.04 Å². The van der Waals surface area contributed by atoms with Crippen molar-refractivity contribution in [1.82, 2.24) is 15.5 Å². The van der Waals surface area contributed by atoms with Gasteiger partial charge in [0.05, 0.1) is 6.54 Å². The van der Waals surface area contributed by atoms with Crippen molar-refractivity contribution in [1.29, 1.82) is 0 Å². The molecule has 2 atom stereocenters. The van der Waals surface area contributed by atoms with Gasteiger partial charge in [0.15, 0.2) is 5.96 Å². The third-order valence-corrected chi connectivity index (χ3v) is 5.14. The summed E-state index contributed by atoms with van der Waals surface area (Å²) in [4.78, 5) is 7.09. The second-order valence-corrected chi connectivity index (χ2v) is 7.07. The highest BCUT2D eigenvalue weighted by Gasteiger charge is 2.24. The van der Waals surface area contributed by atoms with Crippen LogP contribution in [0.2, 0.25) is 0 Å². The second kappa shape index (κ2) is 11.2. The van der Waals surface area contributed by atoms with Crippen molar-refractivity contribution in [3.05, 3.63) is 0 Å². The van der Waals surface area contributed by atoms with Crippen LogP contribution in [-0.4, -0.2) is 61.6 Å². The molecule has 1 rings (SSSR count). The van der Waals surface area contributed by atoms with Gasteiger partial charge in [-0.2, -0.15) is 11.8 Å². The van der Waals surface area contributed by atoms with Crippen LogP contribution < -0.4 is 10.6 Å². The molecule has 0 aromatic carbocycles. The minimum atomic E-state index is 0.595. The van der Waals surface area contributed by atoms with Crippen LogP contribution in [0.25, 0.3) is 0 Å². The van der Waals surface area contributed by atoms with Crippen molar-refractivity contribution >= 4 is 17.7 Å². The summed E-state index contributed by atoms with van der Waals surface area (Å²) in [6.07, 6.45) is 8.62. The van der Waals surface area contributed by atoms with Crippen LogP contribution in [0.4, 0.5) is 0 Å². The summed E-state index contributed by atoms with van der Waals surface area (Å²) in [5, 5.41) is 7.80. The van der Waals surface area contributed by atoms with Gasteiger partial charge in [-0.05, 0) is 52.5 Å². The van der Waals surface area contributed by atoms with Gasteiger partial charge in [-0.15, -0.1) is 0 Å². The zero-order valence-corrected chi connectivity index (χ0v) is 15.1. The monoisotopic (exact) mass is 314 g/mol. The van der Waals surface area contributed by atoms with Gasteiger partial charge in [0.25, 0.3) is 0 Å². The molecule has 2 N–H and O–H groups in total. The van der Waals surface area contributed by atoms with E-state index in [4.69, 9.17) is 4.99 Å². The van der Waals surface area contributed by atoms with E-state index in [9.17, 15) is 0 Å². The lowest BCUT2D eigenvalue weighted by Gasteiger charge is -2.18. The highest BCUT2D eigenvalue weighted by Crippen LogP contribution is 2.27. The van der Waals surface area contributed by atoms with Crippen LogP contribution in [0.15, 0.2) is 4.99 Å². The Morgan fingerprint density at radius 3 is 2.71 bits per heavy atom. The molecule has 5 heteroatoms. The number of hydrogen-bond donors (Lipinski definition) is 2. The number of nitrogens with one attached hydrogen (secondary N) is 2. The minimum Gasteiger partial charge on any atom is -0.357 e. The lowest BCUT2D eigenvalue weighted by Crippen LogP contribution is -2.43. The Morgan fingerprint density at radius 2 is 2.10 bits per heavy atom. The van der Waals surface area contributed by atoms with Gasteiger partial charge in [-0.25, -0.2) is 0 Å². The Morgan fingerprint density at radius 1 is 1.29 bits per heavy atom. The minimum absolute atomic E-state index is 0.595. The zero-order chi connectivity index (χ0) is 15.5. The predicted octanol–water partition coefficient (Wildman–Crippen LogP) is 2.56. The van der Waals surface area contributed by atoms with Crippen molar-refractivity contribution in [3.8, 4) is 0 Å². The molecule has 0 aliphatic heterocycles. The van der Waals surface area contributed by atoms with Crippen LogP contribution in [0.1, 0.15) is 46.0 Å². The maximum Gasteiger partial charge on any atom is 0.191 e. The van der Waals surface area contributed by atoms with Crippen molar-refractivity contribution in [2.24, 2.45) is 4.99 Å². The van der Waals surface area contributed by atoms with Crippen molar-refractivity contribution < 1.29 is 0 Å². The Hall–Kier alpha value is -0.420. The Labute approximate surface area is 135 Å².